The van der Waals surface area contributed by atoms with Crippen LogP contribution in [-0.2, 0) is 4.74 Å². The monoisotopic (exact) mass is 524 g/mol. The van der Waals surface area contributed by atoms with E-state index < -0.39 is 5.60 Å². The maximum absolute atomic E-state index is 12.0. The number of amides is 1. The summed E-state index contributed by atoms with van der Waals surface area (Å²) in [5.41, 5.74) is -0.452. The van der Waals surface area contributed by atoms with Crippen LogP contribution in [0, 0.1) is 5.92 Å². The molecule has 1 amide bonds. The first-order valence-electron chi connectivity index (χ1n) is 10.6. The lowest BCUT2D eigenvalue weighted by atomic mass is 10.1. The van der Waals surface area contributed by atoms with E-state index in [1.165, 1.54) is 0 Å². The van der Waals surface area contributed by atoms with E-state index in [0.717, 1.165) is 51.8 Å². The van der Waals surface area contributed by atoms with Crippen LogP contribution >= 0.6 is 24.0 Å². The number of hydrogen-bond donors (Lipinski definition) is 2. The molecule has 1 atom stereocenters. The Bertz CT molecular complexity index is 526. The number of hydrogen-bond acceptors (Lipinski definition) is 5. The molecule has 9 heteroatoms. The Morgan fingerprint density at radius 3 is 2.38 bits per heavy atom. The molecule has 29 heavy (non-hydrogen) atoms. The molecule has 2 aliphatic heterocycles. The number of carbonyl (C=O) groups excluding carboxylic acids is 1. The van der Waals surface area contributed by atoms with Gasteiger partial charge in [0.1, 0.15) is 5.60 Å². The molecule has 0 aromatic heterocycles. The lowest BCUT2D eigenvalue weighted by molar-refractivity contribution is 0.00700. The SMILES string of the molecule is CCNC(=NCC(C)CN1CCN(C)CC1)NC1CN(C(=O)OC(C)(C)C)C1.I. The molecule has 2 fully saturated rings. The molecule has 0 radical (unpaired) electrons. The normalized spacial score (nSPS) is 20.5. The van der Waals surface area contributed by atoms with Gasteiger partial charge in [0, 0.05) is 58.9 Å². The molecule has 0 spiro atoms. The first kappa shape index (κ1) is 26.2. The smallest absolute Gasteiger partial charge is 0.410 e. The van der Waals surface area contributed by atoms with Crippen LogP contribution in [0.1, 0.15) is 34.6 Å². The molecular formula is C20H41IN6O2. The second kappa shape index (κ2) is 12.1. The Hall–Kier alpha value is -0.810. The predicted octanol–water partition coefficient (Wildman–Crippen LogP) is 1.66. The van der Waals surface area contributed by atoms with Gasteiger partial charge in [0.2, 0.25) is 0 Å². The van der Waals surface area contributed by atoms with Crippen molar-refractivity contribution in [2.75, 3.05) is 66.0 Å². The van der Waals surface area contributed by atoms with Crippen molar-refractivity contribution in [1.82, 2.24) is 25.3 Å². The first-order chi connectivity index (χ1) is 13.2. The van der Waals surface area contributed by atoms with Gasteiger partial charge in [-0.1, -0.05) is 6.92 Å². The van der Waals surface area contributed by atoms with Gasteiger partial charge < -0.3 is 30.1 Å². The highest BCUT2D eigenvalue weighted by Gasteiger charge is 2.34. The van der Waals surface area contributed by atoms with Crippen LogP contribution < -0.4 is 10.6 Å². The Labute approximate surface area is 193 Å². The lowest BCUT2D eigenvalue weighted by Gasteiger charge is -2.40. The summed E-state index contributed by atoms with van der Waals surface area (Å²) in [5.74, 6) is 1.35. The number of aliphatic imine (C=N–C) groups is 1. The molecule has 2 rings (SSSR count). The summed E-state index contributed by atoms with van der Waals surface area (Å²) >= 11 is 0. The summed E-state index contributed by atoms with van der Waals surface area (Å²) in [4.78, 5) is 23.5. The predicted molar refractivity (Wildman–Crippen MR) is 129 cm³/mol. The van der Waals surface area contributed by atoms with Crippen LogP contribution in [0.2, 0.25) is 0 Å². The Kier molecular flexibility index (Phi) is 11.0. The van der Waals surface area contributed by atoms with Crippen LogP contribution in [-0.4, -0.2) is 104 Å². The molecule has 2 heterocycles. The standard InChI is InChI=1S/C20H40N6O2.HI/c1-7-21-18(22-12-16(2)13-25-10-8-24(6)9-11-25)23-17-14-26(15-17)19(27)28-20(3,4)5;/h16-17H,7-15H2,1-6H3,(H2,21,22,23);1H. The molecule has 1 unspecified atom stereocenters. The van der Waals surface area contributed by atoms with Gasteiger partial charge in [-0.15, -0.1) is 24.0 Å². The van der Waals surface area contributed by atoms with Crippen molar-refractivity contribution in [3.63, 3.8) is 0 Å². The Balaban J connectivity index is 0.00000420. The van der Waals surface area contributed by atoms with Crippen molar-refractivity contribution in [2.24, 2.45) is 10.9 Å². The molecule has 0 bridgehead atoms. The van der Waals surface area contributed by atoms with Crippen LogP contribution in [0.5, 0.6) is 0 Å². The number of likely N-dealkylation sites (tertiary alicyclic amines) is 1. The minimum absolute atomic E-state index is 0. The molecule has 2 saturated heterocycles. The summed E-state index contributed by atoms with van der Waals surface area (Å²) < 4.78 is 5.41. The van der Waals surface area contributed by atoms with Gasteiger partial charge in [-0.3, -0.25) is 4.99 Å². The minimum Gasteiger partial charge on any atom is -0.444 e. The van der Waals surface area contributed by atoms with Gasteiger partial charge >= 0.3 is 6.09 Å². The van der Waals surface area contributed by atoms with E-state index in [1.807, 2.05) is 20.8 Å². The molecule has 2 N–H and O–H groups in total. The van der Waals surface area contributed by atoms with Gasteiger partial charge in [-0.05, 0) is 40.7 Å². The fourth-order valence-corrected chi connectivity index (χ4v) is 3.33. The summed E-state index contributed by atoms with van der Waals surface area (Å²) in [7, 11) is 2.18. The zero-order chi connectivity index (χ0) is 20.7. The quantitative estimate of drug-likeness (QED) is 0.313. The van der Waals surface area contributed by atoms with E-state index in [2.05, 4.69) is 41.3 Å². The fourth-order valence-electron chi connectivity index (χ4n) is 3.33. The number of nitrogens with one attached hydrogen (secondary N) is 2. The third kappa shape index (κ3) is 9.69. The molecule has 0 aromatic rings. The first-order valence-corrected chi connectivity index (χ1v) is 10.6. The van der Waals surface area contributed by atoms with E-state index in [9.17, 15) is 4.79 Å². The highest BCUT2D eigenvalue weighted by molar-refractivity contribution is 14.0. The average Bonchev–Trinajstić information content (AvgIpc) is 2.55. The molecule has 0 aromatic carbocycles. The van der Waals surface area contributed by atoms with Gasteiger partial charge in [-0.25, -0.2) is 4.79 Å². The summed E-state index contributed by atoms with van der Waals surface area (Å²) in [6.45, 7) is 18.6. The summed E-state index contributed by atoms with van der Waals surface area (Å²) in [6, 6.07) is 0.221. The number of nitrogens with zero attached hydrogens (tertiary/aromatic N) is 4. The van der Waals surface area contributed by atoms with Crippen LogP contribution in [0.25, 0.3) is 0 Å². The van der Waals surface area contributed by atoms with Crippen molar-refractivity contribution < 1.29 is 9.53 Å². The summed E-state index contributed by atoms with van der Waals surface area (Å²) in [5, 5.41) is 6.75. The van der Waals surface area contributed by atoms with Gasteiger partial charge in [0.25, 0.3) is 0 Å². The Morgan fingerprint density at radius 1 is 1.21 bits per heavy atom. The molecule has 170 valence electrons. The number of piperazine rings is 1. The number of ether oxygens (including phenoxy) is 1. The number of carbonyl (C=O) groups is 1. The highest BCUT2D eigenvalue weighted by Crippen LogP contribution is 2.15. The van der Waals surface area contributed by atoms with Gasteiger partial charge in [-0.2, -0.15) is 0 Å². The third-order valence-corrected chi connectivity index (χ3v) is 4.95. The van der Waals surface area contributed by atoms with Crippen LogP contribution in [0.15, 0.2) is 4.99 Å². The van der Waals surface area contributed by atoms with Crippen molar-refractivity contribution in [1.29, 1.82) is 0 Å². The largest absolute Gasteiger partial charge is 0.444 e. The fraction of sp³-hybridized carbons (Fsp3) is 0.900. The maximum atomic E-state index is 12.0. The molecule has 8 nitrogen and oxygen atoms in total. The van der Waals surface area contributed by atoms with Crippen LogP contribution in [0.3, 0.4) is 0 Å². The maximum Gasteiger partial charge on any atom is 0.410 e. The van der Waals surface area contributed by atoms with Crippen LogP contribution in [0.4, 0.5) is 4.79 Å². The third-order valence-electron chi connectivity index (χ3n) is 4.95. The van der Waals surface area contributed by atoms with Crippen molar-refractivity contribution in [3.8, 4) is 0 Å². The average molecular weight is 524 g/mol. The van der Waals surface area contributed by atoms with Gasteiger partial charge in [0.15, 0.2) is 5.96 Å². The number of likely N-dealkylation sites (N-methyl/N-ethyl adjacent to an activating group) is 1. The second-order valence-electron chi connectivity index (χ2n) is 9.16. The molecular weight excluding hydrogens is 483 g/mol. The van der Waals surface area contributed by atoms with Gasteiger partial charge in [0.05, 0.1) is 6.04 Å². The summed E-state index contributed by atoms with van der Waals surface area (Å²) in [6.07, 6.45) is -0.242. The second-order valence-corrected chi connectivity index (χ2v) is 9.16. The Morgan fingerprint density at radius 2 is 1.83 bits per heavy atom. The van der Waals surface area contributed by atoms with Crippen molar-refractivity contribution >= 4 is 36.0 Å². The zero-order valence-corrected chi connectivity index (χ0v) is 21.4. The highest BCUT2D eigenvalue weighted by atomic mass is 127. The van der Waals surface area contributed by atoms with E-state index in [4.69, 9.17) is 9.73 Å². The van der Waals surface area contributed by atoms with E-state index in [0.29, 0.717) is 19.0 Å². The molecule has 0 aliphatic carbocycles. The van der Waals surface area contributed by atoms with E-state index in [1.54, 1.807) is 4.90 Å². The number of halogens is 1. The van der Waals surface area contributed by atoms with E-state index >= 15 is 0 Å². The number of guanidine groups is 1. The molecule has 2 aliphatic rings. The minimum atomic E-state index is -0.452. The van der Waals surface area contributed by atoms with E-state index in [-0.39, 0.29) is 36.1 Å². The van der Waals surface area contributed by atoms with Crippen molar-refractivity contribution in [2.45, 2.75) is 46.3 Å². The molecule has 0 saturated carbocycles. The zero-order valence-electron chi connectivity index (χ0n) is 19.0. The number of rotatable bonds is 6. The van der Waals surface area contributed by atoms with Crippen molar-refractivity contribution in [3.05, 3.63) is 0 Å². The topological polar surface area (TPSA) is 72.4 Å². The lowest BCUT2D eigenvalue weighted by Crippen LogP contribution is -2.63.